The molecule has 2 aliphatic rings. The second kappa shape index (κ2) is 21.1. The summed E-state index contributed by atoms with van der Waals surface area (Å²) in [6.07, 6.45) is -7.24. The summed E-state index contributed by atoms with van der Waals surface area (Å²) in [5.41, 5.74) is -1.37. The van der Waals surface area contributed by atoms with Crippen LogP contribution in [0.15, 0.2) is 42.5 Å². The molecule has 0 saturated heterocycles. The van der Waals surface area contributed by atoms with Crippen LogP contribution in [-0.4, -0.2) is 85.6 Å². The van der Waals surface area contributed by atoms with Crippen molar-refractivity contribution in [1.29, 1.82) is 5.26 Å². The highest BCUT2D eigenvalue weighted by molar-refractivity contribution is 7.44. The first-order valence-electron chi connectivity index (χ1n) is 21.7. The van der Waals surface area contributed by atoms with Gasteiger partial charge in [0.2, 0.25) is 0 Å². The average Bonchev–Trinajstić information content (AvgIpc) is 3.53. The van der Waals surface area contributed by atoms with Gasteiger partial charge in [0.05, 0.1) is 42.6 Å². The number of rotatable bonds is 19. The Morgan fingerprint density at radius 1 is 0.773 bits per heavy atom. The maximum atomic E-state index is 14.0. The number of nitrogens with zero attached hydrogens (tertiary/aromatic N) is 4. The second-order valence-corrected chi connectivity index (χ2v) is 17.8. The van der Waals surface area contributed by atoms with Crippen molar-refractivity contribution in [2.75, 3.05) is 42.6 Å². The highest BCUT2D eigenvalue weighted by atomic mass is 31.2. The molecule has 3 aromatic rings. The van der Waals surface area contributed by atoms with E-state index in [-0.39, 0.29) is 86.9 Å². The number of anilines is 2. The number of aryl methyl sites for hydroxylation is 2. The van der Waals surface area contributed by atoms with E-state index in [1.54, 1.807) is 0 Å². The SMILES string of the molecule is CCN(C(=O)C(F)(F)F)c1cc2c(cc1C)C1(OC(=O)c3cc(C(=O)NCCCCCCOP(OCCC#N)N(C(C)C)C(C)C)ccc31)c1cc(C)c(N(CC)C(=O)C(F)(F)F)cc1O2. The largest absolute Gasteiger partial charge is 0.471 e. The van der Waals surface area contributed by atoms with E-state index in [4.69, 9.17) is 23.8 Å². The molecule has 0 aromatic heterocycles. The monoisotopic (exact) mass is 949 g/mol. The summed E-state index contributed by atoms with van der Waals surface area (Å²) in [5.74, 6) is -6.02. The normalized spacial score (nSPS) is 14.3. The molecule has 0 saturated carbocycles. The number of ether oxygens (including phenoxy) is 2. The molecule has 1 spiro atoms. The highest BCUT2D eigenvalue weighted by Crippen LogP contribution is 2.58. The zero-order valence-electron chi connectivity index (χ0n) is 38.0. The van der Waals surface area contributed by atoms with Crippen molar-refractivity contribution >= 4 is 43.6 Å². The van der Waals surface area contributed by atoms with Gasteiger partial charge in [-0.15, -0.1) is 0 Å². The Morgan fingerprint density at radius 3 is 1.77 bits per heavy atom. The van der Waals surface area contributed by atoms with Crippen molar-refractivity contribution in [2.24, 2.45) is 0 Å². The van der Waals surface area contributed by atoms with Crippen molar-refractivity contribution < 1.29 is 64.0 Å². The first kappa shape index (κ1) is 51.7. The van der Waals surface area contributed by atoms with Crippen molar-refractivity contribution in [2.45, 2.75) is 118 Å². The number of halogens is 6. The van der Waals surface area contributed by atoms with E-state index in [1.807, 2.05) is 0 Å². The Labute approximate surface area is 381 Å². The highest BCUT2D eigenvalue weighted by Gasteiger charge is 2.55. The Kier molecular flexibility index (Phi) is 16.6. The van der Waals surface area contributed by atoms with Gasteiger partial charge in [-0.25, -0.2) is 9.46 Å². The molecule has 2 heterocycles. The van der Waals surface area contributed by atoms with Gasteiger partial charge in [0, 0.05) is 66.1 Å². The van der Waals surface area contributed by atoms with Crippen LogP contribution in [0.4, 0.5) is 37.7 Å². The molecule has 0 fully saturated rings. The van der Waals surface area contributed by atoms with Gasteiger partial charge in [-0.1, -0.05) is 18.9 Å². The molecule has 358 valence electrons. The number of esters is 1. The number of carbonyl (C=O) groups excluding carboxylic acids is 4. The molecule has 1 N–H and O–H groups in total. The van der Waals surface area contributed by atoms with Gasteiger partial charge >= 0.3 is 30.1 Å². The summed E-state index contributed by atoms with van der Waals surface area (Å²) in [6.45, 7) is 14.1. The lowest BCUT2D eigenvalue weighted by Gasteiger charge is -2.38. The number of unbranched alkanes of at least 4 members (excludes halogenated alkanes) is 3. The zero-order chi connectivity index (χ0) is 48.9. The minimum absolute atomic E-state index is 0.0279. The van der Waals surface area contributed by atoms with Crippen molar-refractivity contribution in [3.05, 3.63) is 81.4 Å². The number of benzene rings is 3. The van der Waals surface area contributed by atoms with Gasteiger partial charge in [-0.2, -0.15) is 31.6 Å². The molecule has 3 amide bonds. The number of hydrogen-bond donors (Lipinski definition) is 1. The second-order valence-electron chi connectivity index (χ2n) is 16.3. The fourth-order valence-electron chi connectivity index (χ4n) is 8.22. The third-order valence-corrected chi connectivity index (χ3v) is 13.2. The van der Waals surface area contributed by atoms with Crippen LogP contribution in [0, 0.1) is 25.2 Å². The molecule has 1 unspecified atom stereocenters. The number of fused-ring (bicyclic) bond motifs is 6. The fraction of sp³-hybridized carbons (Fsp3) is 0.500. The minimum Gasteiger partial charge on any atom is -0.456 e. The van der Waals surface area contributed by atoms with E-state index in [9.17, 15) is 45.5 Å². The number of nitriles is 1. The van der Waals surface area contributed by atoms with E-state index in [1.165, 1.54) is 70.2 Å². The lowest BCUT2D eigenvalue weighted by molar-refractivity contribution is -0.170. The summed E-state index contributed by atoms with van der Waals surface area (Å²) in [5, 5.41) is 11.8. The van der Waals surface area contributed by atoms with Crippen LogP contribution in [-0.2, 0) is 29.0 Å². The van der Waals surface area contributed by atoms with Crippen LogP contribution < -0.4 is 19.9 Å². The van der Waals surface area contributed by atoms with Crippen LogP contribution >= 0.6 is 8.53 Å². The van der Waals surface area contributed by atoms with E-state index >= 15 is 0 Å². The third kappa shape index (κ3) is 10.8. The molecule has 0 bridgehead atoms. The summed E-state index contributed by atoms with van der Waals surface area (Å²) in [7, 11) is -1.35. The molecule has 1 atom stereocenters. The fourth-order valence-corrected chi connectivity index (χ4v) is 9.85. The van der Waals surface area contributed by atoms with Gasteiger partial charge < -0.3 is 33.6 Å². The molecule has 0 aliphatic carbocycles. The molecule has 5 rings (SSSR count). The third-order valence-electron chi connectivity index (χ3n) is 11.1. The Bertz CT molecular complexity index is 2250. The quantitative estimate of drug-likeness (QED) is 0.0532. The lowest BCUT2D eigenvalue weighted by atomic mass is 9.76. The van der Waals surface area contributed by atoms with E-state index in [0.29, 0.717) is 29.4 Å². The van der Waals surface area contributed by atoms with Gasteiger partial charge in [-0.05, 0) is 104 Å². The molecule has 2 aliphatic heterocycles. The zero-order valence-corrected chi connectivity index (χ0v) is 38.9. The number of hydrogen-bond acceptors (Lipinski definition) is 10. The molecule has 66 heavy (non-hydrogen) atoms. The van der Waals surface area contributed by atoms with Crippen LogP contribution in [0.25, 0.3) is 0 Å². The maximum Gasteiger partial charge on any atom is 0.471 e. The van der Waals surface area contributed by atoms with E-state index in [0.717, 1.165) is 19.3 Å². The molecular weight excluding hydrogens is 895 g/mol. The summed E-state index contributed by atoms with van der Waals surface area (Å²) in [4.78, 5) is 53.5. The number of nitrogens with one attached hydrogen (secondary N) is 1. The lowest BCUT2D eigenvalue weighted by Crippen LogP contribution is -2.42. The average molecular weight is 950 g/mol. The van der Waals surface area contributed by atoms with Gasteiger partial charge in [0.15, 0.2) is 5.60 Å². The van der Waals surface area contributed by atoms with Crippen LogP contribution in [0.5, 0.6) is 11.5 Å². The Balaban J connectivity index is 1.41. The van der Waals surface area contributed by atoms with E-state index < -0.39 is 63.3 Å². The van der Waals surface area contributed by atoms with Crippen molar-refractivity contribution in [1.82, 2.24) is 9.99 Å². The molecule has 20 heteroatoms. The summed E-state index contributed by atoms with van der Waals surface area (Å²) < 4.78 is 109. The predicted molar refractivity (Wildman–Crippen MR) is 234 cm³/mol. The first-order chi connectivity index (χ1) is 31.0. The van der Waals surface area contributed by atoms with Crippen LogP contribution in [0.1, 0.15) is 122 Å². The van der Waals surface area contributed by atoms with Crippen LogP contribution in [0.2, 0.25) is 0 Å². The van der Waals surface area contributed by atoms with Gasteiger partial charge in [-0.3, -0.25) is 14.4 Å². The topological polar surface area (TPSA) is 151 Å². The summed E-state index contributed by atoms with van der Waals surface area (Å²) in [6, 6.07) is 11.9. The smallest absolute Gasteiger partial charge is 0.456 e. The molecular formula is C46H54F6N5O8P. The first-order valence-corrected chi connectivity index (χ1v) is 22.8. The number of amides is 3. The number of carbonyl (C=O) groups is 4. The van der Waals surface area contributed by atoms with E-state index in [2.05, 4.69) is 43.8 Å². The predicted octanol–water partition coefficient (Wildman–Crippen LogP) is 10.3. The number of alkyl halides is 6. The van der Waals surface area contributed by atoms with Crippen molar-refractivity contribution in [3.63, 3.8) is 0 Å². The molecule has 3 aromatic carbocycles. The standard InChI is InChI=1S/C46H54F6N5O8P/c1-9-55(42(60)45(47,48)49)36-25-38-34(22-29(36)7)44(35-23-30(8)37(26-39(35)64-38)56(10-2)43(61)46(50,51)52)33-17-16-31(24-32(33)41(59)65-44)40(58)54-19-13-11-12-14-20-62-66(63-21-15-18-53)57(27(3)4)28(5)6/h16-17,22-28H,9-15,19-21H2,1-8H3,(H,54,58). The minimum atomic E-state index is -5.24. The van der Waals surface area contributed by atoms with Crippen LogP contribution in [0.3, 0.4) is 0 Å². The Hall–Kier alpha value is -5.28. The van der Waals surface area contributed by atoms with Gasteiger partial charge in [0.1, 0.15) is 11.5 Å². The molecule has 13 nitrogen and oxygen atoms in total. The van der Waals surface area contributed by atoms with Gasteiger partial charge in [0.25, 0.3) is 14.4 Å². The Morgan fingerprint density at radius 2 is 1.29 bits per heavy atom. The van der Waals surface area contributed by atoms with Crippen molar-refractivity contribution in [3.8, 4) is 17.6 Å². The maximum absolute atomic E-state index is 14.0. The summed E-state index contributed by atoms with van der Waals surface area (Å²) >= 11 is 0. The molecule has 0 radical (unpaired) electrons.